The summed E-state index contributed by atoms with van der Waals surface area (Å²) < 4.78 is 24.6. The Hall–Kier alpha value is -0.0200. The van der Waals surface area contributed by atoms with Gasteiger partial charge in [-0.15, -0.1) is 0 Å². The molecule has 0 aromatic heterocycles. The van der Waals surface area contributed by atoms with Crippen molar-refractivity contribution in [2.75, 3.05) is 14.2 Å². The van der Waals surface area contributed by atoms with Gasteiger partial charge >= 0.3 is 7.82 Å². The van der Waals surface area contributed by atoms with Crippen LogP contribution in [0.5, 0.6) is 0 Å². The summed E-state index contributed by atoms with van der Waals surface area (Å²) in [7, 11) is -0.948. The van der Waals surface area contributed by atoms with Crippen molar-refractivity contribution >= 4 is 19.4 Å². The maximum absolute atomic E-state index is 11.1. The lowest BCUT2D eigenvalue weighted by molar-refractivity contribution is 0.193. The molecular formula is C5H10ClO4P. The van der Waals surface area contributed by atoms with Gasteiger partial charge in [-0.1, -0.05) is 11.6 Å². The summed E-state index contributed by atoms with van der Waals surface area (Å²) in [6.07, 6.45) is 1.11. The summed E-state index contributed by atoms with van der Waals surface area (Å²) in [4.78, 5) is 0. The molecule has 11 heavy (non-hydrogen) atoms. The van der Waals surface area contributed by atoms with Gasteiger partial charge in [0, 0.05) is 14.2 Å². The quantitative estimate of drug-likeness (QED) is 0.517. The van der Waals surface area contributed by atoms with Gasteiger partial charge in [-0.25, -0.2) is 4.57 Å². The van der Waals surface area contributed by atoms with Crippen LogP contribution in [0, 0.1) is 0 Å². The van der Waals surface area contributed by atoms with E-state index < -0.39 is 7.82 Å². The van der Waals surface area contributed by atoms with E-state index in [1.54, 1.807) is 6.92 Å². The van der Waals surface area contributed by atoms with Crippen LogP contribution in [0.1, 0.15) is 6.92 Å². The Balaban J connectivity index is 4.10. The third-order valence-corrected chi connectivity index (χ3v) is 2.14. The van der Waals surface area contributed by atoms with E-state index >= 15 is 0 Å². The Bertz CT molecular complexity index is 179. The van der Waals surface area contributed by atoms with Gasteiger partial charge in [-0.3, -0.25) is 9.05 Å². The van der Waals surface area contributed by atoms with Crippen molar-refractivity contribution in [3.8, 4) is 0 Å². The Morgan fingerprint density at radius 1 is 1.45 bits per heavy atom. The fourth-order valence-corrected chi connectivity index (χ4v) is 1.01. The van der Waals surface area contributed by atoms with Crippen molar-refractivity contribution < 1.29 is 18.1 Å². The molecule has 0 unspecified atom stereocenters. The third-order valence-electron chi connectivity index (χ3n) is 0.791. The summed E-state index contributed by atoms with van der Waals surface area (Å²) >= 11 is 5.40. The number of hydrogen-bond acceptors (Lipinski definition) is 4. The lowest BCUT2D eigenvalue weighted by Crippen LogP contribution is -1.89. The molecule has 0 saturated carbocycles. The lowest BCUT2D eigenvalue weighted by atomic mass is 10.7. The zero-order chi connectivity index (χ0) is 8.91. The van der Waals surface area contributed by atoms with Crippen LogP contribution in [0.4, 0.5) is 0 Å². The highest BCUT2D eigenvalue weighted by atomic mass is 35.5. The third kappa shape index (κ3) is 4.43. The molecule has 0 fully saturated rings. The van der Waals surface area contributed by atoms with E-state index in [0.717, 1.165) is 6.26 Å². The zero-order valence-electron chi connectivity index (χ0n) is 6.54. The molecule has 0 radical (unpaired) electrons. The first-order valence-electron chi connectivity index (χ1n) is 2.76. The summed E-state index contributed by atoms with van der Waals surface area (Å²) in [6, 6.07) is 0. The number of halogens is 1. The fourth-order valence-electron chi connectivity index (χ4n) is 0.298. The SMILES string of the molecule is COP(=O)(OC)OC=C(C)Cl. The maximum Gasteiger partial charge on any atom is 0.528 e. The van der Waals surface area contributed by atoms with Crippen LogP contribution < -0.4 is 0 Å². The van der Waals surface area contributed by atoms with Crippen LogP contribution in [0.2, 0.25) is 0 Å². The average Bonchev–Trinajstić information content (AvgIpc) is 2.00. The highest BCUT2D eigenvalue weighted by Gasteiger charge is 2.22. The van der Waals surface area contributed by atoms with Gasteiger partial charge in [0.25, 0.3) is 0 Å². The normalized spacial score (nSPS) is 13.3. The molecule has 0 atom stereocenters. The molecule has 0 aliphatic rings. The largest absolute Gasteiger partial charge is 0.528 e. The Morgan fingerprint density at radius 2 is 1.91 bits per heavy atom. The number of rotatable bonds is 4. The van der Waals surface area contributed by atoms with Crippen LogP contribution in [-0.4, -0.2) is 14.2 Å². The molecule has 0 aliphatic heterocycles. The van der Waals surface area contributed by atoms with Crippen LogP contribution in [0.3, 0.4) is 0 Å². The second-order valence-electron chi connectivity index (χ2n) is 1.62. The topological polar surface area (TPSA) is 44.8 Å². The van der Waals surface area contributed by atoms with Gasteiger partial charge < -0.3 is 4.52 Å². The molecule has 66 valence electrons. The smallest absolute Gasteiger partial charge is 0.411 e. The van der Waals surface area contributed by atoms with Crippen LogP contribution in [0.15, 0.2) is 11.3 Å². The van der Waals surface area contributed by atoms with Crippen molar-refractivity contribution in [2.24, 2.45) is 0 Å². The van der Waals surface area contributed by atoms with E-state index in [-0.39, 0.29) is 0 Å². The molecular weight excluding hydrogens is 190 g/mol. The lowest BCUT2D eigenvalue weighted by Gasteiger charge is -2.10. The monoisotopic (exact) mass is 200 g/mol. The van der Waals surface area contributed by atoms with Crippen molar-refractivity contribution in [3.63, 3.8) is 0 Å². The maximum atomic E-state index is 11.1. The molecule has 0 rings (SSSR count). The highest BCUT2D eigenvalue weighted by Crippen LogP contribution is 2.48. The van der Waals surface area contributed by atoms with Gasteiger partial charge in [0.2, 0.25) is 0 Å². The first-order valence-corrected chi connectivity index (χ1v) is 4.60. The van der Waals surface area contributed by atoms with E-state index in [1.165, 1.54) is 14.2 Å². The average molecular weight is 201 g/mol. The minimum Gasteiger partial charge on any atom is -0.411 e. The van der Waals surface area contributed by atoms with E-state index in [0.29, 0.717) is 5.03 Å². The number of phosphoric acid groups is 1. The number of phosphoric ester groups is 1. The molecule has 0 bridgehead atoms. The molecule has 0 aliphatic carbocycles. The van der Waals surface area contributed by atoms with Crippen molar-refractivity contribution in [1.82, 2.24) is 0 Å². The van der Waals surface area contributed by atoms with Crippen molar-refractivity contribution in [1.29, 1.82) is 0 Å². The molecule has 4 nitrogen and oxygen atoms in total. The molecule has 0 N–H and O–H groups in total. The molecule has 0 amide bonds. The Labute approximate surface area is 70.7 Å². The molecule has 0 aromatic rings. The summed E-state index contributed by atoms with van der Waals surface area (Å²) in [5.41, 5.74) is 0. The summed E-state index contributed by atoms with van der Waals surface area (Å²) in [5, 5.41) is 0.360. The van der Waals surface area contributed by atoms with E-state index in [1.807, 2.05) is 0 Å². The minimum absolute atomic E-state index is 0.360. The summed E-state index contributed by atoms with van der Waals surface area (Å²) in [6.45, 7) is 1.58. The second-order valence-corrected chi connectivity index (χ2v) is 4.05. The standard InChI is InChI=1S/C5H10ClO4P/c1-5(6)4-10-11(7,8-2)9-3/h4H,1-3H3. The Morgan fingerprint density at radius 3 is 2.18 bits per heavy atom. The molecule has 6 heteroatoms. The van der Waals surface area contributed by atoms with Gasteiger partial charge in [-0.05, 0) is 6.92 Å². The predicted molar refractivity (Wildman–Crippen MR) is 42.3 cm³/mol. The van der Waals surface area contributed by atoms with Gasteiger partial charge in [0.1, 0.15) is 6.26 Å². The van der Waals surface area contributed by atoms with E-state index in [2.05, 4.69) is 13.6 Å². The van der Waals surface area contributed by atoms with Gasteiger partial charge in [0.15, 0.2) is 0 Å². The minimum atomic E-state index is -3.40. The first-order chi connectivity index (χ1) is 5.04. The molecule has 0 aromatic carbocycles. The molecule has 0 saturated heterocycles. The summed E-state index contributed by atoms with van der Waals surface area (Å²) in [5.74, 6) is 0. The highest BCUT2D eigenvalue weighted by molar-refractivity contribution is 7.48. The van der Waals surface area contributed by atoms with Gasteiger partial charge in [0.05, 0.1) is 5.03 Å². The Kier molecular flexibility index (Phi) is 4.77. The zero-order valence-corrected chi connectivity index (χ0v) is 8.19. The second kappa shape index (κ2) is 4.78. The predicted octanol–water partition coefficient (Wildman–Crippen LogP) is 2.50. The number of hydrogen-bond donors (Lipinski definition) is 0. The van der Waals surface area contributed by atoms with E-state index in [9.17, 15) is 4.57 Å². The van der Waals surface area contributed by atoms with E-state index in [4.69, 9.17) is 11.6 Å². The number of allylic oxidation sites excluding steroid dienone is 1. The van der Waals surface area contributed by atoms with Crippen LogP contribution in [-0.2, 0) is 18.1 Å². The molecule has 0 spiro atoms. The van der Waals surface area contributed by atoms with Gasteiger partial charge in [-0.2, -0.15) is 0 Å². The fraction of sp³-hybridized carbons (Fsp3) is 0.600. The first kappa shape index (κ1) is 11.0. The molecule has 0 heterocycles. The van der Waals surface area contributed by atoms with Crippen LogP contribution in [0.25, 0.3) is 0 Å². The van der Waals surface area contributed by atoms with Crippen molar-refractivity contribution in [2.45, 2.75) is 6.92 Å². The van der Waals surface area contributed by atoms with Crippen LogP contribution >= 0.6 is 19.4 Å². The van der Waals surface area contributed by atoms with Crippen molar-refractivity contribution in [3.05, 3.63) is 11.3 Å².